The van der Waals surface area contributed by atoms with Gasteiger partial charge in [0.25, 0.3) is 11.8 Å². The molecule has 0 spiro atoms. The zero-order valence-electron chi connectivity index (χ0n) is 20.7. The highest BCUT2D eigenvalue weighted by molar-refractivity contribution is 6.07. The Kier molecular flexibility index (Phi) is 7.00. The van der Waals surface area contributed by atoms with Crippen LogP contribution in [0.25, 0.3) is 0 Å². The van der Waals surface area contributed by atoms with Crippen LogP contribution in [0.2, 0.25) is 0 Å². The van der Waals surface area contributed by atoms with Crippen molar-refractivity contribution in [2.45, 2.75) is 64.2 Å². The molecule has 2 aromatic rings. The Hall–Kier alpha value is -3.56. The van der Waals surface area contributed by atoms with Crippen LogP contribution in [-0.4, -0.2) is 64.5 Å². The Labute approximate surface area is 205 Å². The fourth-order valence-electron chi connectivity index (χ4n) is 5.02. The number of benzene rings is 1. The maximum absolute atomic E-state index is 13.5. The molecule has 2 aliphatic rings. The minimum atomic E-state index is -1.06. The standard InChI is InChI=1S/C25H33N5O5/c1-5-30-23(32)21-20(22(31)26-13-16-10-11-18(34-3)19(12-16)35-4)27-15-29(21)14-25(30,2)24(33)28-17-8-6-7-9-17/h10-12,15,17H,5-9,13-14H2,1-4H3,(H,26,31)(H,28,33)/t25-/m0/s1. The summed E-state index contributed by atoms with van der Waals surface area (Å²) < 4.78 is 12.2. The Morgan fingerprint density at radius 1 is 1.17 bits per heavy atom. The second-order valence-corrected chi connectivity index (χ2v) is 9.22. The summed E-state index contributed by atoms with van der Waals surface area (Å²) in [6.45, 7) is 4.40. The van der Waals surface area contributed by atoms with Crippen LogP contribution in [0.5, 0.6) is 11.5 Å². The molecule has 0 radical (unpaired) electrons. The van der Waals surface area contributed by atoms with E-state index in [4.69, 9.17) is 9.47 Å². The number of nitrogens with zero attached hydrogens (tertiary/aromatic N) is 3. The van der Waals surface area contributed by atoms with Gasteiger partial charge in [-0.15, -0.1) is 0 Å². The largest absolute Gasteiger partial charge is 0.493 e. The molecule has 10 heteroatoms. The molecule has 2 N–H and O–H groups in total. The van der Waals surface area contributed by atoms with E-state index in [9.17, 15) is 14.4 Å². The molecule has 0 unspecified atom stereocenters. The van der Waals surface area contributed by atoms with E-state index in [0.29, 0.717) is 18.0 Å². The van der Waals surface area contributed by atoms with Crippen molar-refractivity contribution >= 4 is 17.7 Å². The quantitative estimate of drug-likeness (QED) is 0.595. The first kappa shape index (κ1) is 24.6. The molecule has 1 aromatic carbocycles. The van der Waals surface area contributed by atoms with Gasteiger partial charge in [-0.25, -0.2) is 4.98 Å². The highest BCUT2D eigenvalue weighted by atomic mass is 16.5. The van der Waals surface area contributed by atoms with Crippen LogP contribution in [0.3, 0.4) is 0 Å². The van der Waals surface area contributed by atoms with Crippen LogP contribution >= 0.6 is 0 Å². The lowest BCUT2D eigenvalue weighted by molar-refractivity contribution is -0.133. The summed E-state index contributed by atoms with van der Waals surface area (Å²) in [5.41, 5.74) is -0.00748. The molecule has 1 aromatic heterocycles. The van der Waals surface area contributed by atoms with Crippen LogP contribution in [0, 0.1) is 0 Å². The molecule has 10 nitrogen and oxygen atoms in total. The second-order valence-electron chi connectivity index (χ2n) is 9.22. The van der Waals surface area contributed by atoms with Gasteiger partial charge in [-0.3, -0.25) is 14.4 Å². The minimum Gasteiger partial charge on any atom is -0.493 e. The molecule has 0 bridgehead atoms. The number of hydrogen-bond acceptors (Lipinski definition) is 6. The summed E-state index contributed by atoms with van der Waals surface area (Å²) in [4.78, 5) is 45.5. The smallest absolute Gasteiger partial charge is 0.273 e. The molecule has 188 valence electrons. The van der Waals surface area contributed by atoms with Crippen molar-refractivity contribution in [1.29, 1.82) is 0 Å². The van der Waals surface area contributed by atoms with Crippen molar-refractivity contribution in [3.8, 4) is 11.5 Å². The van der Waals surface area contributed by atoms with Gasteiger partial charge in [-0.2, -0.15) is 0 Å². The minimum absolute atomic E-state index is 0.0483. The molecular formula is C25H33N5O5. The van der Waals surface area contributed by atoms with Gasteiger partial charge in [0, 0.05) is 19.1 Å². The topological polar surface area (TPSA) is 115 Å². The summed E-state index contributed by atoms with van der Waals surface area (Å²) >= 11 is 0. The number of imidazole rings is 1. The van der Waals surface area contributed by atoms with Crippen molar-refractivity contribution in [3.05, 3.63) is 41.5 Å². The van der Waals surface area contributed by atoms with E-state index < -0.39 is 11.4 Å². The molecule has 1 atom stereocenters. The number of aromatic nitrogens is 2. The molecule has 1 aliphatic carbocycles. The van der Waals surface area contributed by atoms with Crippen molar-refractivity contribution in [1.82, 2.24) is 25.1 Å². The van der Waals surface area contributed by atoms with Gasteiger partial charge in [0.2, 0.25) is 5.91 Å². The van der Waals surface area contributed by atoms with Crippen LogP contribution in [0.1, 0.15) is 66.1 Å². The first-order chi connectivity index (χ1) is 16.8. The maximum Gasteiger partial charge on any atom is 0.273 e. The van der Waals surface area contributed by atoms with Crippen molar-refractivity contribution in [3.63, 3.8) is 0 Å². The highest BCUT2D eigenvalue weighted by Crippen LogP contribution is 2.30. The Morgan fingerprint density at radius 3 is 2.54 bits per heavy atom. The maximum atomic E-state index is 13.5. The third-order valence-corrected chi connectivity index (χ3v) is 6.97. The number of ether oxygens (including phenoxy) is 2. The molecule has 1 fully saturated rings. The summed E-state index contributed by atoms with van der Waals surface area (Å²) in [7, 11) is 3.10. The summed E-state index contributed by atoms with van der Waals surface area (Å²) in [5, 5.41) is 5.95. The predicted molar refractivity (Wildman–Crippen MR) is 128 cm³/mol. The van der Waals surface area contributed by atoms with Crippen molar-refractivity contribution in [2.75, 3.05) is 20.8 Å². The number of carbonyl (C=O) groups excluding carboxylic acids is 3. The molecule has 2 heterocycles. The highest BCUT2D eigenvalue weighted by Gasteiger charge is 2.48. The van der Waals surface area contributed by atoms with E-state index in [-0.39, 0.29) is 42.3 Å². The summed E-state index contributed by atoms with van der Waals surface area (Å²) in [6, 6.07) is 5.51. The summed E-state index contributed by atoms with van der Waals surface area (Å²) in [6.07, 6.45) is 5.59. The number of hydrogen-bond donors (Lipinski definition) is 2. The van der Waals surface area contributed by atoms with Gasteiger partial charge in [0.15, 0.2) is 17.2 Å². The zero-order chi connectivity index (χ0) is 25.2. The van der Waals surface area contributed by atoms with Gasteiger partial charge in [-0.05, 0) is 44.4 Å². The van der Waals surface area contributed by atoms with E-state index in [2.05, 4.69) is 15.6 Å². The molecule has 4 rings (SSSR count). The average molecular weight is 484 g/mol. The van der Waals surface area contributed by atoms with E-state index in [1.54, 1.807) is 42.7 Å². The summed E-state index contributed by atoms with van der Waals surface area (Å²) in [5.74, 6) is 0.144. The molecular weight excluding hydrogens is 450 g/mol. The van der Waals surface area contributed by atoms with Gasteiger partial charge in [-0.1, -0.05) is 18.9 Å². The first-order valence-corrected chi connectivity index (χ1v) is 12.0. The average Bonchev–Trinajstić information content (AvgIpc) is 3.52. The number of amides is 3. The number of rotatable bonds is 8. The zero-order valence-corrected chi connectivity index (χ0v) is 20.7. The number of nitrogens with one attached hydrogen (secondary N) is 2. The van der Waals surface area contributed by atoms with Crippen molar-refractivity contribution in [2.24, 2.45) is 0 Å². The predicted octanol–water partition coefficient (Wildman–Crippen LogP) is 2.12. The number of carbonyl (C=O) groups is 3. The fourth-order valence-corrected chi connectivity index (χ4v) is 5.02. The van der Waals surface area contributed by atoms with E-state index >= 15 is 0 Å². The van der Waals surface area contributed by atoms with E-state index in [0.717, 1.165) is 31.2 Å². The first-order valence-electron chi connectivity index (χ1n) is 12.0. The molecule has 3 amide bonds. The number of methoxy groups -OCH3 is 2. The third kappa shape index (κ3) is 4.56. The van der Waals surface area contributed by atoms with Gasteiger partial charge in [0.05, 0.1) is 27.1 Å². The van der Waals surface area contributed by atoms with Gasteiger partial charge < -0.3 is 29.6 Å². The molecule has 0 saturated heterocycles. The molecule has 35 heavy (non-hydrogen) atoms. The van der Waals surface area contributed by atoms with Crippen LogP contribution < -0.4 is 20.1 Å². The van der Waals surface area contributed by atoms with E-state index in [1.807, 2.05) is 13.0 Å². The lowest BCUT2D eigenvalue weighted by atomic mass is 9.94. The molecule has 1 aliphatic heterocycles. The van der Waals surface area contributed by atoms with Crippen LogP contribution in [0.4, 0.5) is 0 Å². The fraction of sp³-hybridized carbons (Fsp3) is 0.520. The Bertz CT molecular complexity index is 1120. The van der Waals surface area contributed by atoms with Crippen molar-refractivity contribution < 1.29 is 23.9 Å². The lowest BCUT2D eigenvalue weighted by Crippen LogP contribution is -2.64. The normalized spacial score (nSPS) is 19.9. The lowest BCUT2D eigenvalue weighted by Gasteiger charge is -2.43. The van der Waals surface area contributed by atoms with Crippen LogP contribution in [-0.2, 0) is 17.9 Å². The van der Waals surface area contributed by atoms with E-state index in [1.165, 1.54) is 6.33 Å². The second kappa shape index (κ2) is 9.97. The molecule has 1 saturated carbocycles. The third-order valence-electron chi connectivity index (χ3n) is 6.97. The Balaban J connectivity index is 1.52. The van der Waals surface area contributed by atoms with Gasteiger partial charge >= 0.3 is 0 Å². The number of fused-ring (bicyclic) bond motifs is 1. The van der Waals surface area contributed by atoms with Crippen LogP contribution in [0.15, 0.2) is 24.5 Å². The SMILES string of the molecule is CCN1C(=O)c2c(C(=O)NCc3ccc(OC)c(OC)c3)ncn2C[C@@]1(C)C(=O)NC1CCCC1. The Morgan fingerprint density at radius 2 is 1.89 bits per heavy atom. The van der Waals surface area contributed by atoms with Gasteiger partial charge in [0.1, 0.15) is 11.2 Å². The number of likely N-dealkylation sites (N-methyl/N-ethyl adjacent to an activating group) is 1. The monoisotopic (exact) mass is 483 g/mol.